The number of nitrogens with zero attached hydrogens (tertiary/aromatic N) is 1. The van der Waals surface area contributed by atoms with Crippen molar-refractivity contribution in [3.05, 3.63) is 46.1 Å². The van der Waals surface area contributed by atoms with Gasteiger partial charge < -0.3 is 10.1 Å². The van der Waals surface area contributed by atoms with E-state index in [0.717, 1.165) is 31.2 Å². The molecule has 1 N–H and O–H groups in total. The first-order valence-corrected chi connectivity index (χ1v) is 11.6. The summed E-state index contributed by atoms with van der Waals surface area (Å²) in [7, 11) is 0. The van der Waals surface area contributed by atoms with Gasteiger partial charge in [-0.3, -0.25) is 9.78 Å². The van der Waals surface area contributed by atoms with Gasteiger partial charge in [0.25, 0.3) is 5.91 Å². The van der Waals surface area contributed by atoms with Crippen molar-refractivity contribution < 1.29 is 14.3 Å². The molecule has 0 fully saturated rings. The van der Waals surface area contributed by atoms with Gasteiger partial charge in [-0.25, -0.2) is 4.79 Å². The summed E-state index contributed by atoms with van der Waals surface area (Å²) in [6.45, 7) is 2.13. The third kappa shape index (κ3) is 5.89. The van der Waals surface area contributed by atoms with E-state index in [9.17, 15) is 9.59 Å². The number of carbonyl (C=O) groups excluding carboxylic acids is 2. The second-order valence-corrected chi connectivity index (χ2v) is 8.55. The molecule has 29 heavy (non-hydrogen) atoms. The molecule has 3 rings (SSSR count). The quantitative estimate of drug-likeness (QED) is 0.643. The lowest BCUT2D eigenvalue weighted by Crippen LogP contribution is -2.15. The zero-order chi connectivity index (χ0) is 20.5. The Hall–Kier alpha value is -2.21. The van der Waals surface area contributed by atoms with Crippen LogP contribution >= 0.6 is 11.3 Å². The largest absolute Gasteiger partial charge is 0.462 e. The van der Waals surface area contributed by atoms with Gasteiger partial charge in [-0.1, -0.05) is 38.5 Å². The summed E-state index contributed by atoms with van der Waals surface area (Å²) in [6.07, 6.45) is 14.7. The zero-order valence-corrected chi connectivity index (χ0v) is 18.0. The second-order valence-electron chi connectivity index (χ2n) is 7.45. The molecular weight excluding hydrogens is 384 g/mol. The molecule has 0 spiro atoms. The van der Waals surface area contributed by atoms with Crippen molar-refractivity contribution in [1.82, 2.24) is 4.98 Å². The van der Waals surface area contributed by atoms with Crippen LogP contribution in [0.4, 0.5) is 5.00 Å². The van der Waals surface area contributed by atoms with Crippen molar-refractivity contribution in [2.45, 2.75) is 71.1 Å². The van der Waals surface area contributed by atoms with Crippen LogP contribution in [0.1, 0.15) is 89.4 Å². The Morgan fingerprint density at radius 2 is 1.62 bits per heavy atom. The average molecular weight is 415 g/mol. The number of hydrogen-bond acceptors (Lipinski definition) is 5. The lowest BCUT2D eigenvalue weighted by molar-refractivity contribution is 0.0526. The van der Waals surface area contributed by atoms with Crippen LogP contribution in [-0.4, -0.2) is 23.5 Å². The summed E-state index contributed by atoms with van der Waals surface area (Å²) < 4.78 is 5.36. The normalized spacial score (nSPS) is 15.5. The molecular formula is C23H30N2O3S. The molecule has 156 valence electrons. The third-order valence-electron chi connectivity index (χ3n) is 5.32. The number of hydrogen-bond donors (Lipinski definition) is 1. The molecule has 0 bridgehead atoms. The van der Waals surface area contributed by atoms with Gasteiger partial charge in [0.2, 0.25) is 0 Å². The number of amides is 1. The van der Waals surface area contributed by atoms with Gasteiger partial charge in [0.05, 0.1) is 12.2 Å². The van der Waals surface area contributed by atoms with Crippen molar-refractivity contribution >= 4 is 28.2 Å². The van der Waals surface area contributed by atoms with E-state index < -0.39 is 0 Å². The number of thiophene rings is 1. The first kappa shape index (κ1) is 21.5. The van der Waals surface area contributed by atoms with Crippen LogP contribution in [0.5, 0.6) is 0 Å². The fourth-order valence-electron chi connectivity index (χ4n) is 3.81. The maximum Gasteiger partial charge on any atom is 0.341 e. The number of pyridine rings is 1. The topological polar surface area (TPSA) is 68.3 Å². The highest BCUT2D eigenvalue weighted by atomic mass is 32.1. The Morgan fingerprint density at radius 3 is 2.28 bits per heavy atom. The number of anilines is 1. The van der Waals surface area contributed by atoms with Gasteiger partial charge in [-0.2, -0.15) is 0 Å². The molecule has 1 amide bonds. The van der Waals surface area contributed by atoms with Gasteiger partial charge in [0.15, 0.2) is 0 Å². The van der Waals surface area contributed by atoms with E-state index in [-0.39, 0.29) is 11.9 Å². The van der Waals surface area contributed by atoms with Gasteiger partial charge in [-0.15, -0.1) is 11.3 Å². The van der Waals surface area contributed by atoms with Gasteiger partial charge >= 0.3 is 5.97 Å². The van der Waals surface area contributed by atoms with Crippen LogP contribution in [0.15, 0.2) is 24.5 Å². The SMILES string of the molecule is CCOC(=O)c1c(NC(=O)c2ccncc2)sc2c1CCCCCCCCCC2. The van der Waals surface area contributed by atoms with E-state index in [1.807, 2.05) is 6.92 Å². The van der Waals surface area contributed by atoms with Crippen LogP contribution < -0.4 is 5.32 Å². The fourth-order valence-corrected chi connectivity index (χ4v) is 5.08. The van der Waals surface area contributed by atoms with Crippen LogP contribution in [0.3, 0.4) is 0 Å². The summed E-state index contributed by atoms with van der Waals surface area (Å²) in [4.78, 5) is 30.7. The van der Waals surface area contributed by atoms with Crippen molar-refractivity contribution in [1.29, 1.82) is 0 Å². The lowest BCUT2D eigenvalue weighted by atomic mass is 9.97. The molecule has 0 saturated carbocycles. The summed E-state index contributed by atoms with van der Waals surface area (Å²) in [5, 5.41) is 3.59. The molecule has 0 atom stereocenters. The molecule has 0 saturated heterocycles. The molecule has 1 aliphatic rings. The van der Waals surface area contributed by atoms with E-state index in [1.165, 1.54) is 43.4 Å². The van der Waals surface area contributed by atoms with Crippen molar-refractivity contribution in [3.8, 4) is 0 Å². The summed E-state index contributed by atoms with van der Waals surface area (Å²) in [6, 6.07) is 3.34. The van der Waals surface area contributed by atoms with Crippen LogP contribution in [-0.2, 0) is 17.6 Å². The Labute approximate surface area is 176 Å². The Bertz CT molecular complexity index is 817. The smallest absolute Gasteiger partial charge is 0.341 e. The Balaban J connectivity index is 1.92. The van der Waals surface area contributed by atoms with E-state index in [4.69, 9.17) is 4.74 Å². The number of fused-ring (bicyclic) bond motifs is 1. The summed E-state index contributed by atoms with van der Waals surface area (Å²) >= 11 is 1.54. The Morgan fingerprint density at radius 1 is 1.00 bits per heavy atom. The molecule has 0 aliphatic heterocycles. The maximum atomic E-state index is 12.8. The van der Waals surface area contributed by atoms with Crippen molar-refractivity contribution in [2.75, 3.05) is 11.9 Å². The number of rotatable bonds is 4. The molecule has 5 nitrogen and oxygen atoms in total. The molecule has 2 heterocycles. The van der Waals surface area contributed by atoms with E-state index >= 15 is 0 Å². The molecule has 6 heteroatoms. The molecule has 2 aromatic heterocycles. The fraction of sp³-hybridized carbons (Fsp3) is 0.522. The van der Waals surface area contributed by atoms with Crippen molar-refractivity contribution in [3.63, 3.8) is 0 Å². The highest BCUT2D eigenvalue weighted by molar-refractivity contribution is 7.17. The third-order valence-corrected chi connectivity index (χ3v) is 6.53. The molecule has 0 unspecified atom stereocenters. The average Bonchev–Trinajstić information content (AvgIpc) is 3.05. The second kappa shape index (κ2) is 11.1. The number of carbonyl (C=O) groups is 2. The maximum absolute atomic E-state index is 12.8. The van der Waals surface area contributed by atoms with E-state index in [2.05, 4.69) is 10.3 Å². The highest BCUT2D eigenvalue weighted by Gasteiger charge is 2.26. The molecule has 2 aromatic rings. The molecule has 0 radical (unpaired) electrons. The van der Waals surface area contributed by atoms with E-state index in [1.54, 1.807) is 35.9 Å². The summed E-state index contributed by atoms with van der Waals surface area (Å²) in [5.41, 5.74) is 2.17. The van der Waals surface area contributed by atoms with E-state index in [0.29, 0.717) is 22.7 Å². The highest BCUT2D eigenvalue weighted by Crippen LogP contribution is 2.37. The minimum absolute atomic E-state index is 0.227. The van der Waals surface area contributed by atoms with Gasteiger partial charge in [-0.05, 0) is 50.3 Å². The number of ether oxygens (including phenoxy) is 1. The first-order chi connectivity index (χ1) is 14.2. The van der Waals surface area contributed by atoms with Crippen LogP contribution in [0, 0.1) is 0 Å². The Kier molecular flexibility index (Phi) is 8.23. The lowest BCUT2D eigenvalue weighted by Gasteiger charge is -2.10. The molecule has 1 aliphatic carbocycles. The number of aromatic nitrogens is 1. The predicted molar refractivity (Wildman–Crippen MR) is 117 cm³/mol. The first-order valence-electron chi connectivity index (χ1n) is 10.7. The number of nitrogens with one attached hydrogen (secondary N) is 1. The van der Waals surface area contributed by atoms with Crippen LogP contribution in [0.2, 0.25) is 0 Å². The monoisotopic (exact) mass is 414 g/mol. The standard InChI is InChI=1S/C23H30N2O3S/c1-2-28-23(27)20-18-11-9-7-5-3-4-6-8-10-12-19(18)29-22(20)25-21(26)17-13-15-24-16-14-17/h13-16H,2-12H2,1H3,(H,25,26). The predicted octanol–water partition coefficient (Wildman–Crippen LogP) is 5.79. The minimum Gasteiger partial charge on any atom is -0.462 e. The number of esters is 1. The van der Waals surface area contributed by atoms with Crippen molar-refractivity contribution in [2.24, 2.45) is 0 Å². The minimum atomic E-state index is -0.331. The van der Waals surface area contributed by atoms with Gasteiger partial charge in [0.1, 0.15) is 5.00 Å². The summed E-state index contributed by atoms with van der Waals surface area (Å²) in [5.74, 6) is -0.558. The van der Waals surface area contributed by atoms with Gasteiger partial charge in [0, 0.05) is 22.8 Å². The van der Waals surface area contributed by atoms with Crippen LogP contribution in [0.25, 0.3) is 0 Å². The zero-order valence-electron chi connectivity index (χ0n) is 17.2. The number of aryl methyl sites for hydroxylation is 1. The molecule has 0 aromatic carbocycles.